The van der Waals surface area contributed by atoms with Crippen LogP contribution in [0.2, 0.25) is 0 Å². The predicted molar refractivity (Wildman–Crippen MR) is 153 cm³/mol. The van der Waals surface area contributed by atoms with Crippen molar-refractivity contribution in [3.8, 4) is 27.6 Å². The van der Waals surface area contributed by atoms with Gasteiger partial charge in [0.2, 0.25) is 15.9 Å². The van der Waals surface area contributed by atoms with Gasteiger partial charge in [0.05, 0.1) is 41.5 Å². The topological polar surface area (TPSA) is 105 Å². The number of nitrogens with one attached hydrogen (secondary N) is 1. The molecular weight excluding hydrogens is 534 g/mol. The maximum Gasteiger partial charge on any atom is 0.246 e. The summed E-state index contributed by atoms with van der Waals surface area (Å²) in [4.78, 5) is 24.7. The maximum absolute atomic E-state index is 13.5. The molecule has 3 aromatic rings. The molecule has 2 fully saturated rings. The van der Waals surface area contributed by atoms with Gasteiger partial charge in [0.25, 0.3) is 0 Å². The number of nitrogens with zero attached hydrogens (tertiary/aromatic N) is 4. The van der Waals surface area contributed by atoms with Crippen LogP contribution in [-0.2, 0) is 14.8 Å². The number of carbonyl (C=O) groups is 1. The summed E-state index contributed by atoms with van der Waals surface area (Å²) in [6.45, 7) is 1.74. The van der Waals surface area contributed by atoms with Crippen molar-refractivity contribution < 1.29 is 17.9 Å². The van der Waals surface area contributed by atoms with Gasteiger partial charge in [-0.1, -0.05) is 12.5 Å². The molecule has 1 aromatic carbocycles. The van der Waals surface area contributed by atoms with Gasteiger partial charge in [-0.15, -0.1) is 11.3 Å². The number of piperidine rings is 1. The Hall–Kier alpha value is -2.86. The Morgan fingerprint density at radius 3 is 2.59 bits per heavy atom. The van der Waals surface area contributed by atoms with Crippen LogP contribution in [-0.4, -0.2) is 73.8 Å². The van der Waals surface area contributed by atoms with Crippen molar-refractivity contribution >= 4 is 33.0 Å². The van der Waals surface area contributed by atoms with Crippen LogP contribution in [0.4, 0.5) is 5.69 Å². The van der Waals surface area contributed by atoms with E-state index >= 15 is 0 Å². The van der Waals surface area contributed by atoms with E-state index in [2.05, 4.69) is 22.2 Å². The van der Waals surface area contributed by atoms with Gasteiger partial charge >= 0.3 is 0 Å². The van der Waals surface area contributed by atoms with Crippen LogP contribution in [0.15, 0.2) is 46.9 Å². The molecule has 1 aliphatic carbocycles. The molecule has 9 nitrogen and oxygen atoms in total. The van der Waals surface area contributed by atoms with Crippen molar-refractivity contribution in [1.82, 2.24) is 19.2 Å². The SMILES string of the molecule is COc1cc(-c2cncc(-c3cc(NC(=O)CC4CCC4)cs3)n2)ccc1S(=O)(=O)N(C)C1CCN(C)CC1. The van der Waals surface area contributed by atoms with E-state index in [1.807, 2.05) is 11.4 Å². The van der Waals surface area contributed by atoms with E-state index in [1.165, 1.54) is 29.2 Å². The van der Waals surface area contributed by atoms with Gasteiger partial charge in [-0.2, -0.15) is 4.31 Å². The standard InChI is InChI=1S/C28H35N5O4S2/c1-32-11-9-22(10-12-32)33(2)39(35,36)27-8-7-20(14-25(27)37-3)23-16-29-17-24(31-23)26-15-21(18-38-26)30-28(34)13-19-5-4-6-19/h7-8,14-19,22H,4-6,9-13H2,1-3H3,(H,30,34). The van der Waals surface area contributed by atoms with E-state index in [4.69, 9.17) is 9.72 Å². The van der Waals surface area contributed by atoms with Gasteiger partial charge < -0.3 is 15.0 Å². The summed E-state index contributed by atoms with van der Waals surface area (Å²) in [6.07, 6.45) is 8.98. The molecule has 1 saturated carbocycles. The van der Waals surface area contributed by atoms with Crippen LogP contribution in [0.25, 0.3) is 21.8 Å². The summed E-state index contributed by atoms with van der Waals surface area (Å²) in [5.74, 6) is 0.832. The number of carbonyl (C=O) groups excluding carboxylic acids is 1. The van der Waals surface area contributed by atoms with Crippen molar-refractivity contribution in [1.29, 1.82) is 0 Å². The molecule has 1 N–H and O–H groups in total. The minimum absolute atomic E-state index is 0.0446. The van der Waals surface area contributed by atoms with Gasteiger partial charge in [-0.05, 0) is 69.9 Å². The van der Waals surface area contributed by atoms with Crippen LogP contribution >= 0.6 is 11.3 Å². The predicted octanol–water partition coefficient (Wildman–Crippen LogP) is 4.72. The van der Waals surface area contributed by atoms with E-state index < -0.39 is 10.0 Å². The Balaban J connectivity index is 1.34. The highest BCUT2D eigenvalue weighted by Gasteiger charge is 2.32. The van der Waals surface area contributed by atoms with Crippen molar-refractivity contribution in [3.63, 3.8) is 0 Å². The fourth-order valence-electron chi connectivity index (χ4n) is 5.08. The Kier molecular flexibility index (Phi) is 8.32. The summed E-state index contributed by atoms with van der Waals surface area (Å²) in [5.41, 5.74) is 2.74. The number of rotatable bonds is 9. The van der Waals surface area contributed by atoms with Crippen LogP contribution < -0.4 is 10.1 Å². The third-order valence-electron chi connectivity index (χ3n) is 7.79. The molecule has 0 atom stereocenters. The van der Waals surface area contributed by atoms with Gasteiger partial charge in [-0.25, -0.2) is 13.4 Å². The summed E-state index contributed by atoms with van der Waals surface area (Å²) < 4.78 is 34.1. The number of sulfonamides is 1. The second-order valence-electron chi connectivity index (χ2n) is 10.5. The number of hydrogen-bond donors (Lipinski definition) is 1. The summed E-state index contributed by atoms with van der Waals surface area (Å²) in [5, 5.41) is 4.90. The first-order valence-electron chi connectivity index (χ1n) is 13.3. The smallest absolute Gasteiger partial charge is 0.246 e. The van der Waals surface area contributed by atoms with E-state index in [0.29, 0.717) is 29.3 Å². The molecule has 5 rings (SSSR count). The average molecular weight is 570 g/mol. The van der Waals surface area contributed by atoms with Crippen molar-refractivity contribution in [3.05, 3.63) is 42.0 Å². The monoisotopic (exact) mass is 569 g/mol. The fourth-order valence-corrected chi connectivity index (χ4v) is 7.43. The quantitative estimate of drug-likeness (QED) is 0.397. The number of thiophene rings is 1. The molecule has 0 radical (unpaired) electrons. The van der Waals surface area contributed by atoms with Gasteiger partial charge in [0.15, 0.2) is 0 Å². The number of ether oxygens (including phenoxy) is 1. The third-order valence-corrected chi connectivity index (χ3v) is 10.7. The molecule has 0 unspecified atom stereocenters. The lowest BCUT2D eigenvalue weighted by molar-refractivity contribution is -0.117. The first kappa shape index (κ1) is 27.7. The number of aromatic nitrogens is 2. The fraction of sp³-hybridized carbons (Fsp3) is 0.464. The number of likely N-dealkylation sites (tertiary alicyclic amines) is 1. The summed E-state index contributed by atoms with van der Waals surface area (Å²) >= 11 is 1.49. The summed E-state index contributed by atoms with van der Waals surface area (Å²) in [7, 11) is 1.44. The van der Waals surface area contributed by atoms with Crippen LogP contribution in [0.1, 0.15) is 38.5 Å². The van der Waals surface area contributed by atoms with Gasteiger partial charge in [0, 0.05) is 30.5 Å². The van der Waals surface area contributed by atoms with Crippen molar-refractivity contribution in [2.75, 3.05) is 39.6 Å². The van der Waals surface area contributed by atoms with E-state index in [1.54, 1.807) is 37.6 Å². The molecular formula is C28H35N5O4S2. The number of amides is 1. The second kappa shape index (κ2) is 11.7. The van der Waals surface area contributed by atoms with E-state index in [-0.39, 0.29) is 22.6 Å². The van der Waals surface area contributed by atoms with E-state index in [9.17, 15) is 13.2 Å². The molecule has 3 heterocycles. The maximum atomic E-state index is 13.5. The minimum atomic E-state index is -3.74. The van der Waals surface area contributed by atoms with Crippen LogP contribution in [0.5, 0.6) is 5.75 Å². The molecule has 1 saturated heterocycles. The lowest BCUT2D eigenvalue weighted by Crippen LogP contribution is -2.44. The van der Waals surface area contributed by atoms with Crippen molar-refractivity contribution in [2.45, 2.75) is 49.5 Å². The lowest BCUT2D eigenvalue weighted by Gasteiger charge is -2.34. The Labute approximate surface area is 234 Å². The highest BCUT2D eigenvalue weighted by Crippen LogP contribution is 2.35. The second-order valence-corrected chi connectivity index (χ2v) is 13.3. The zero-order chi connectivity index (χ0) is 27.6. The highest BCUT2D eigenvalue weighted by atomic mass is 32.2. The largest absolute Gasteiger partial charge is 0.495 e. The molecule has 0 spiro atoms. The average Bonchev–Trinajstić information content (AvgIpc) is 3.39. The lowest BCUT2D eigenvalue weighted by atomic mass is 9.83. The number of hydrogen-bond acceptors (Lipinski definition) is 8. The first-order valence-corrected chi connectivity index (χ1v) is 15.6. The Morgan fingerprint density at radius 1 is 1.15 bits per heavy atom. The number of anilines is 1. The number of methoxy groups -OCH3 is 1. The molecule has 208 valence electrons. The molecule has 1 amide bonds. The summed E-state index contributed by atoms with van der Waals surface area (Å²) in [6, 6.07) is 6.89. The zero-order valence-corrected chi connectivity index (χ0v) is 24.2. The van der Waals surface area contributed by atoms with Gasteiger partial charge in [-0.3, -0.25) is 9.78 Å². The first-order chi connectivity index (χ1) is 18.7. The zero-order valence-electron chi connectivity index (χ0n) is 22.6. The van der Waals surface area contributed by atoms with Gasteiger partial charge in [0.1, 0.15) is 10.6 Å². The van der Waals surface area contributed by atoms with Crippen molar-refractivity contribution in [2.24, 2.45) is 5.92 Å². The number of benzene rings is 1. The Bertz CT molecular complexity index is 1430. The molecule has 11 heteroatoms. The van der Waals surface area contributed by atoms with E-state index in [0.717, 1.165) is 49.3 Å². The highest BCUT2D eigenvalue weighted by molar-refractivity contribution is 7.89. The normalized spacial score (nSPS) is 17.2. The van der Waals surface area contributed by atoms with Crippen LogP contribution in [0, 0.1) is 5.92 Å². The van der Waals surface area contributed by atoms with Crippen LogP contribution in [0.3, 0.4) is 0 Å². The molecule has 0 bridgehead atoms. The molecule has 2 aliphatic rings. The molecule has 39 heavy (non-hydrogen) atoms. The molecule has 2 aromatic heterocycles. The Morgan fingerprint density at radius 2 is 1.90 bits per heavy atom. The molecule has 1 aliphatic heterocycles. The third kappa shape index (κ3) is 6.16. The minimum Gasteiger partial charge on any atom is -0.495 e.